The Labute approximate surface area is 232 Å². The maximum atomic E-state index is 13.7. The van der Waals surface area contributed by atoms with Gasteiger partial charge in [-0.2, -0.15) is 0 Å². The number of hydrogen-bond donors (Lipinski definition) is 2. The number of nitrogens with one attached hydrogen (secondary N) is 2. The molecule has 9 heteroatoms. The van der Waals surface area contributed by atoms with E-state index in [4.69, 9.17) is 9.47 Å². The van der Waals surface area contributed by atoms with Crippen molar-refractivity contribution >= 4 is 17.5 Å². The molecule has 0 bridgehead atoms. The van der Waals surface area contributed by atoms with E-state index in [9.17, 15) is 9.59 Å². The molecule has 3 heterocycles. The lowest BCUT2D eigenvalue weighted by Crippen LogP contribution is -2.52. The van der Waals surface area contributed by atoms with E-state index in [1.807, 2.05) is 19.9 Å². The summed E-state index contributed by atoms with van der Waals surface area (Å²) in [6, 6.07) is 4.46. The van der Waals surface area contributed by atoms with Gasteiger partial charge in [-0.1, -0.05) is 13.8 Å². The van der Waals surface area contributed by atoms with Crippen LogP contribution in [0.25, 0.3) is 11.3 Å². The van der Waals surface area contributed by atoms with Crippen molar-refractivity contribution in [3.8, 4) is 17.1 Å². The fourth-order valence-corrected chi connectivity index (χ4v) is 6.03. The second-order valence-corrected chi connectivity index (χ2v) is 11.1. The maximum Gasteiger partial charge on any atom is 0.251 e. The van der Waals surface area contributed by atoms with E-state index >= 15 is 0 Å². The number of anilines is 1. The van der Waals surface area contributed by atoms with Crippen LogP contribution in [0.2, 0.25) is 0 Å². The van der Waals surface area contributed by atoms with Crippen molar-refractivity contribution in [1.29, 1.82) is 0 Å². The minimum absolute atomic E-state index is 0.0177. The van der Waals surface area contributed by atoms with Gasteiger partial charge in [-0.25, -0.2) is 9.97 Å². The molecule has 1 aromatic carbocycles. The van der Waals surface area contributed by atoms with Crippen LogP contribution in [0.5, 0.6) is 5.88 Å². The van der Waals surface area contributed by atoms with E-state index in [1.165, 1.54) is 0 Å². The second-order valence-electron chi connectivity index (χ2n) is 11.1. The summed E-state index contributed by atoms with van der Waals surface area (Å²) in [7, 11) is 1.56. The third-order valence-electron chi connectivity index (χ3n) is 8.25. The highest BCUT2D eigenvalue weighted by atomic mass is 16.5. The summed E-state index contributed by atoms with van der Waals surface area (Å²) in [6.07, 6.45) is 6.04. The van der Waals surface area contributed by atoms with Gasteiger partial charge in [0.2, 0.25) is 11.8 Å². The van der Waals surface area contributed by atoms with Gasteiger partial charge >= 0.3 is 0 Å². The van der Waals surface area contributed by atoms with E-state index < -0.39 is 0 Å². The first-order valence-electron chi connectivity index (χ1n) is 14.2. The number of piperidine rings is 1. The molecule has 2 aromatic rings. The largest absolute Gasteiger partial charge is 0.480 e. The van der Waals surface area contributed by atoms with Crippen molar-refractivity contribution in [2.45, 2.75) is 66.0 Å². The number of amides is 2. The highest BCUT2D eigenvalue weighted by Crippen LogP contribution is 2.34. The van der Waals surface area contributed by atoms with Gasteiger partial charge in [-0.3, -0.25) is 9.59 Å². The number of hydrogen-bond acceptors (Lipinski definition) is 7. The number of methoxy groups -OCH3 is 1. The zero-order valence-corrected chi connectivity index (χ0v) is 24.1. The van der Waals surface area contributed by atoms with Crippen LogP contribution in [-0.4, -0.2) is 67.3 Å². The predicted octanol–water partition coefficient (Wildman–Crippen LogP) is 3.99. The first-order chi connectivity index (χ1) is 18.7. The van der Waals surface area contributed by atoms with Crippen LogP contribution in [0.15, 0.2) is 24.5 Å². The smallest absolute Gasteiger partial charge is 0.251 e. The molecular formula is C30H43N5O4. The summed E-state index contributed by atoms with van der Waals surface area (Å²) < 4.78 is 10.8. The average Bonchev–Trinajstić information content (AvgIpc) is 2.94. The fourth-order valence-electron chi connectivity index (χ4n) is 6.03. The highest BCUT2D eigenvalue weighted by molar-refractivity contribution is 5.99. The number of ether oxygens (including phenoxy) is 2. The number of rotatable bonds is 9. The zero-order chi connectivity index (χ0) is 28.1. The monoisotopic (exact) mass is 537 g/mol. The Hall–Kier alpha value is -3.20. The van der Waals surface area contributed by atoms with Gasteiger partial charge in [-0.15, -0.1) is 0 Å². The van der Waals surface area contributed by atoms with Crippen LogP contribution in [0.4, 0.5) is 5.69 Å². The van der Waals surface area contributed by atoms with Gasteiger partial charge in [0.15, 0.2) is 0 Å². The molecule has 2 aliphatic rings. The molecule has 3 unspecified atom stereocenters. The van der Waals surface area contributed by atoms with Crippen LogP contribution in [0.1, 0.15) is 62.9 Å². The van der Waals surface area contributed by atoms with E-state index in [2.05, 4.69) is 52.3 Å². The Bertz CT molecular complexity index is 1150. The predicted molar refractivity (Wildman–Crippen MR) is 152 cm³/mol. The molecule has 3 atom stereocenters. The number of carbonyl (C=O) groups is 2. The minimum Gasteiger partial charge on any atom is -0.480 e. The third-order valence-corrected chi connectivity index (χ3v) is 8.25. The van der Waals surface area contributed by atoms with E-state index in [1.54, 1.807) is 19.5 Å². The third kappa shape index (κ3) is 6.52. The second kappa shape index (κ2) is 12.8. The molecule has 2 saturated heterocycles. The Morgan fingerprint density at radius 3 is 2.59 bits per heavy atom. The number of nitrogens with zero attached hydrogens (tertiary/aromatic N) is 3. The summed E-state index contributed by atoms with van der Waals surface area (Å²) >= 11 is 0. The van der Waals surface area contributed by atoms with Gasteiger partial charge in [-0.05, 0) is 69.6 Å². The number of benzene rings is 1. The van der Waals surface area contributed by atoms with Crippen LogP contribution in [0.3, 0.4) is 0 Å². The Balaban J connectivity index is 1.67. The molecule has 1 aromatic heterocycles. The molecule has 0 aliphatic carbocycles. The first kappa shape index (κ1) is 28.8. The molecule has 0 spiro atoms. The molecule has 9 nitrogen and oxygen atoms in total. The van der Waals surface area contributed by atoms with Crippen molar-refractivity contribution < 1.29 is 19.1 Å². The van der Waals surface area contributed by atoms with Crippen LogP contribution < -0.4 is 20.3 Å². The molecule has 2 aliphatic heterocycles. The summed E-state index contributed by atoms with van der Waals surface area (Å²) in [5.41, 5.74) is 3.97. The topological polar surface area (TPSA) is 106 Å². The molecule has 4 rings (SSSR count). The first-order valence-corrected chi connectivity index (χ1v) is 14.2. The number of aromatic nitrogens is 2. The fraction of sp³-hybridized carbons (Fsp3) is 0.600. The summed E-state index contributed by atoms with van der Waals surface area (Å²) in [6.45, 7) is 13.1. The summed E-state index contributed by atoms with van der Waals surface area (Å²) in [4.78, 5) is 37.9. The van der Waals surface area contributed by atoms with Crippen molar-refractivity contribution in [3.05, 3.63) is 35.7 Å². The lowest BCUT2D eigenvalue weighted by Gasteiger charge is -2.37. The van der Waals surface area contributed by atoms with Gasteiger partial charge in [0.25, 0.3) is 5.91 Å². The lowest BCUT2D eigenvalue weighted by molar-refractivity contribution is -0.130. The van der Waals surface area contributed by atoms with Crippen LogP contribution in [-0.2, 0) is 9.53 Å². The normalized spacial score (nSPS) is 21.9. The van der Waals surface area contributed by atoms with E-state index in [-0.39, 0.29) is 29.7 Å². The minimum atomic E-state index is -0.255. The quantitative estimate of drug-likeness (QED) is 0.498. The van der Waals surface area contributed by atoms with Crippen molar-refractivity contribution in [2.75, 3.05) is 38.3 Å². The molecule has 212 valence electrons. The SMILES string of the molecule is CCN(c1cc(-c2cnc(OC)cn2)cc(C(=O)NCC2C(=O)NC(C)CC2C(C)C)c1C)C1CCOCC1. The molecule has 2 N–H and O–H groups in total. The molecule has 0 saturated carbocycles. The van der Waals surface area contributed by atoms with E-state index in [0.29, 0.717) is 35.6 Å². The van der Waals surface area contributed by atoms with Crippen LogP contribution >= 0.6 is 0 Å². The summed E-state index contributed by atoms with van der Waals surface area (Å²) in [5.74, 6) is 0.577. The Morgan fingerprint density at radius 1 is 1.23 bits per heavy atom. The summed E-state index contributed by atoms with van der Waals surface area (Å²) in [5, 5.41) is 6.17. The maximum absolute atomic E-state index is 13.7. The van der Waals surface area contributed by atoms with Gasteiger partial charge < -0.3 is 25.0 Å². The number of carbonyl (C=O) groups excluding carboxylic acids is 2. The molecule has 2 amide bonds. The molecular weight excluding hydrogens is 494 g/mol. The van der Waals surface area contributed by atoms with Gasteiger partial charge in [0, 0.05) is 55.2 Å². The molecule has 39 heavy (non-hydrogen) atoms. The van der Waals surface area contributed by atoms with E-state index in [0.717, 1.165) is 55.8 Å². The molecule has 0 radical (unpaired) electrons. The Morgan fingerprint density at radius 2 is 1.97 bits per heavy atom. The van der Waals surface area contributed by atoms with Gasteiger partial charge in [0.1, 0.15) is 0 Å². The van der Waals surface area contributed by atoms with Gasteiger partial charge in [0.05, 0.1) is 31.1 Å². The average molecular weight is 538 g/mol. The van der Waals surface area contributed by atoms with Crippen molar-refractivity contribution in [1.82, 2.24) is 20.6 Å². The molecule has 2 fully saturated rings. The lowest BCUT2D eigenvalue weighted by atomic mass is 9.76. The highest BCUT2D eigenvalue weighted by Gasteiger charge is 2.37. The standard InChI is InChI=1S/C30H43N5O4/c1-7-35(22-8-10-39-11-9-22)27-14-21(26-16-32-28(38-6)17-31-26)13-24(20(27)5)29(36)33-15-25-23(18(2)3)12-19(4)34-30(25)37/h13-14,16-19,22-23,25H,7-12,15H2,1-6H3,(H,33,36)(H,34,37). The van der Waals surface area contributed by atoms with Crippen molar-refractivity contribution in [2.24, 2.45) is 17.8 Å². The Kier molecular flexibility index (Phi) is 9.43. The zero-order valence-electron chi connectivity index (χ0n) is 24.1. The van der Waals surface area contributed by atoms with Crippen LogP contribution in [0, 0.1) is 24.7 Å². The van der Waals surface area contributed by atoms with Crippen molar-refractivity contribution in [3.63, 3.8) is 0 Å².